The number of hydroxylamine groups is 1. The van der Waals surface area contributed by atoms with Crippen molar-refractivity contribution in [1.29, 1.82) is 0 Å². The topological polar surface area (TPSA) is 87.4 Å². The van der Waals surface area contributed by atoms with Gasteiger partial charge in [-0.05, 0) is 12.8 Å². The first-order valence-corrected chi connectivity index (χ1v) is 4.21. The Labute approximate surface area is 76.4 Å². The summed E-state index contributed by atoms with van der Waals surface area (Å²) in [5.74, 6) is -0.240. The number of carbonyl (C=O) groups is 1. The van der Waals surface area contributed by atoms with Gasteiger partial charge in [0.1, 0.15) is 0 Å². The molecule has 5 nitrogen and oxygen atoms in total. The average Bonchev–Trinajstić information content (AvgIpc) is 2.12. The van der Waals surface area contributed by atoms with Crippen molar-refractivity contribution in [3.8, 4) is 0 Å². The molecule has 0 spiro atoms. The normalized spacial score (nSPS) is 12.8. The Kier molecular flexibility index (Phi) is 7.71. The molecule has 0 aromatic heterocycles. The molecule has 0 bridgehead atoms. The van der Waals surface area contributed by atoms with Crippen LogP contribution in [0.1, 0.15) is 19.3 Å². The van der Waals surface area contributed by atoms with Crippen LogP contribution in [0.3, 0.4) is 0 Å². The van der Waals surface area contributed by atoms with E-state index in [1.807, 2.05) is 0 Å². The molecule has 5 N–H and O–H groups in total. The van der Waals surface area contributed by atoms with E-state index in [4.69, 9.17) is 10.9 Å². The molecule has 6 heteroatoms. The molecule has 0 saturated heterocycles. The molecule has 0 unspecified atom stereocenters. The van der Waals surface area contributed by atoms with Gasteiger partial charge in [-0.1, -0.05) is 6.42 Å². The van der Waals surface area contributed by atoms with E-state index < -0.39 is 6.04 Å². The molecule has 0 aromatic carbocycles. The lowest BCUT2D eigenvalue weighted by Gasteiger charge is -2.08. The minimum Gasteiger partial charge on any atom is -0.321 e. The van der Waals surface area contributed by atoms with Crippen molar-refractivity contribution < 1.29 is 14.5 Å². The van der Waals surface area contributed by atoms with E-state index in [9.17, 15) is 9.28 Å². The Morgan fingerprint density at radius 2 is 2.23 bits per heavy atom. The monoisotopic (exact) mass is 193 g/mol. The van der Waals surface area contributed by atoms with Crippen molar-refractivity contribution in [1.82, 2.24) is 11.0 Å². The van der Waals surface area contributed by atoms with Crippen molar-refractivity contribution in [2.24, 2.45) is 5.73 Å². The highest BCUT2D eigenvalue weighted by atomic mass is 19.2. The van der Waals surface area contributed by atoms with Crippen LogP contribution < -0.4 is 16.8 Å². The molecule has 0 aliphatic carbocycles. The van der Waals surface area contributed by atoms with Gasteiger partial charge in [0.05, 0.1) is 12.6 Å². The maximum atomic E-state index is 11.4. The van der Waals surface area contributed by atoms with E-state index in [2.05, 4.69) is 0 Å². The van der Waals surface area contributed by atoms with Crippen molar-refractivity contribution in [2.45, 2.75) is 25.3 Å². The van der Waals surface area contributed by atoms with Crippen LogP contribution in [0.4, 0.5) is 4.48 Å². The molecule has 0 aliphatic heterocycles. The molecule has 78 valence electrons. The van der Waals surface area contributed by atoms with Gasteiger partial charge in [-0.2, -0.15) is 11.0 Å². The molecule has 1 atom stereocenters. The van der Waals surface area contributed by atoms with Gasteiger partial charge in [0.2, 0.25) is 0 Å². The Hall–Kier alpha value is -0.560. The second kappa shape index (κ2) is 8.06. The van der Waals surface area contributed by atoms with Gasteiger partial charge >= 0.3 is 0 Å². The molecule has 13 heavy (non-hydrogen) atoms. The Balaban J connectivity index is 3.38. The SMILES string of the molecule is N[C@@H](CCCCNF)C(=O)CNO. The van der Waals surface area contributed by atoms with E-state index in [0.717, 1.165) is 0 Å². The molecule has 0 rings (SSSR count). The Bertz CT molecular complexity index is 146. The summed E-state index contributed by atoms with van der Waals surface area (Å²) in [6.07, 6.45) is 1.85. The molecule has 0 radical (unpaired) electrons. The number of hydrogen-bond donors (Lipinski definition) is 4. The highest BCUT2D eigenvalue weighted by molar-refractivity contribution is 5.85. The van der Waals surface area contributed by atoms with E-state index >= 15 is 0 Å². The van der Waals surface area contributed by atoms with E-state index in [-0.39, 0.29) is 18.9 Å². The van der Waals surface area contributed by atoms with Gasteiger partial charge in [0, 0.05) is 6.54 Å². The minimum atomic E-state index is -0.570. The number of hydrogen-bond acceptors (Lipinski definition) is 5. The first kappa shape index (κ1) is 12.4. The highest BCUT2D eigenvalue weighted by Crippen LogP contribution is 1.98. The molecular formula is C7H16FN3O2. The minimum absolute atomic E-state index is 0.136. The van der Waals surface area contributed by atoms with Crippen molar-refractivity contribution in [3.63, 3.8) is 0 Å². The number of nitrogens with two attached hydrogens (primary N) is 1. The summed E-state index contributed by atoms with van der Waals surface area (Å²) in [5, 5.41) is 8.21. The fraction of sp³-hybridized carbons (Fsp3) is 0.857. The van der Waals surface area contributed by atoms with Crippen molar-refractivity contribution in [3.05, 3.63) is 0 Å². The average molecular weight is 193 g/mol. The molecule has 0 fully saturated rings. The number of unbranched alkanes of at least 4 members (excludes halogenated alkanes) is 1. The van der Waals surface area contributed by atoms with Crippen LogP contribution in [0.25, 0.3) is 0 Å². The predicted octanol–water partition coefficient (Wildman–Crippen LogP) is -0.494. The van der Waals surface area contributed by atoms with Crippen LogP contribution in [0.15, 0.2) is 0 Å². The predicted molar refractivity (Wildman–Crippen MR) is 45.7 cm³/mol. The quantitative estimate of drug-likeness (QED) is 0.237. The van der Waals surface area contributed by atoms with E-state index in [0.29, 0.717) is 19.3 Å². The number of rotatable bonds is 8. The summed E-state index contributed by atoms with van der Waals surface area (Å²) >= 11 is 0. The zero-order chi connectivity index (χ0) is 10.1. The van der Waals surface area contributed by atoms with Crippen LogP contribution >= 0.6 is 0 Å². The molecule has 0 saturated carbocycles. The van der Waals surface area contributed by atoms with Crippen LogP contribution in [-0.4, -0.2) is 30.1 Å². The second-order valence-electron chi connectivity index (χ2n) is 2.79. The summed E-state index contributed by atoms with van der Waals surface area (Å²) in [7, 11) is 0. The standard InChI is InChI=1S/C7H16FN3O2/c8-10-4-2-1-3-6(9)7(12)5-11-13/h6,10-11,13H,1-5,9H2/t6-/m0/s1. The summed E-state index contributed by atoms with van der Waals surface area (Å²) in [6, 6.07) is -0.570. The first-order chi connectivity index (χ1) is 6.22. The number of Topliss-reactive ketones (excluding diaryl/α,β-unsaturated/α-hetero) is 1. The van der Waals surface area contributed by atoms with Gasteiger partial charge in [-0.25, -0.2) is 0 Å². The third kappa shape index (κ3) is 6.59. The lowest BCUT2D eigenvalue weighted by molar-refractivity contribution is -0.121. The molecule has 0 aromatic rings. The molecule has 0 amide bonds. The van der Waals surface area contributed by atoms with Gasteiger partial charge in [0.15, 0.2) is 5.78 Å². The fourth-order valence-corrected chi connectivity index (χ4v) is 0.926. The van der Waals surface area contributed by atoms with Crippen molar-refractivity contribution in [2.75, 3.05) is 13.1 Å². The van der Waals surface area contributed by atoms with Gasteiger partial charge in [-0.3, -0.25) is 4.79 Å². The summed E-state index contributed by atoms with van der Waals surface area (Å²) < 4.78 is 11.4. The number of carbonyl (C=O) groups excluding carboxylic acids is 1. The van der Waals surface area contributed by atoms with E-state index in [1.54, 1.807) is 5.48 Å². The van der Waals surface area contributed by atoms with E-state index in [1.165, 1.54) is 5.54 Å². The van der Waals surface area contributed by atoms with Crippen LogP contribution in [-0.2, 0) is 4.79 Å². The molecule has 0 aliphatic rings. The molecular weight excluding hydrogens is 177 g/mol. The molecule has 0 heterocycles. The van der Waals surface area contributed by atoms with Crippen LogP contribution in [0, 0.1) is 0 Å². The van der Waals surface area contributed by atoms with Gasteiger partial charge in [0.25, 0.3) is 0 Å². The third-order valence-electron chi connectivity index (χ3n) is 1.70. The summed E-state index contributed by atoms with van der Waals surface area (Å²) in [4.78, 5) is 11.0. The maximum absolute atomic E-state index is 11.4. The smallest absolute Gasteiger partial charge is 0.165 e. The summed E-state index contributed by atoms with van der Waals surface area (Å²) in [5.41, 5.74) is 8.74. The number of halogens is 1. The Morgan fingerprint density at radius 1 is 1.54 bits per heavy atom. The fourth-order valence-electron chi connectivity index (χ4n) is 0.926. The van der Waals surface area contributed by atoms with Gasteiger partial charge < -0.3 is 10.9 Å². The second-order valence-corrected chi connectivity index (χ2v) is 2.79. The van der Waals surface area contributed by atoms with Crippen molar-refractivity contribution >= 4 is 5.78 Å². The number of nitrogens with one attached hydrogen (secondary N) is 2. The van der Waals surface area contributed by atoms with Gasteiger partial charge in [-0.15, -0.1) is 4.48 Å². The highest BCUT2D eigenvalue weighted by Gasteiger charge is 2.11. The zero-order valence-corrected chi connectivity index (χ0v) is 7.42. The maximum Gasteiger partial charge on any atom is 0.165 e. The summed E-state index contributed by atoms with van der Waals surface area (Å²) in [6.45, 7) is 0.141. The largest absolute Gasteiger partial charge is 0.321 e. The third-order valence-corrected chi connectivity index (χ3v) is 1.70. The first-order valence-electron chi connectivity index (χ1n) is 4.21. The van der Waals surface area contributed by atoms with Crippen LogP contribution in [0.2, 0.25) is 0 Å². The Morgan fingerprint density at radius 3 is 2.77 bits per heavy atom. The number of ketones is 1. The lowest BCUT2D eigenvalue weighted by atomic mass is 10.1. The zero-order valence-electron chi connectivity index (χ0n) is 7.42. The lowest BCUT2D eigenvalue weighted by Crippen LogP contribution is -2.36. The van der Waals surface area contributed by atoms with Crippen LogP contribution in [0.5, 0.6) is 0 Å².